The highest BCUT2D eigenvalue weighted by atomic mass is 16.3. The van der Waals surface area contributed by atoms with Gasteiger partial charge in [-0.25, -0.2) is 0 Å². The van der Waals surface area contributed by atoms with E-state index in [1.807, 2.05) is 13.0 Å². The third-order valence-electron chi connectivity index (χ3n) is 3.80. The van der Waals surface area contributed by atoms with Gasteiger partial charge in [0.2, 0.25) is 0 Å². The van der Waals surface area contributed by atoms with Crippen LogP contribution in [0, 0.1) is 20.8 Å². The predicted molar refractivity (Wildman–Crippen MR) is 80.4 cm³/mol. The van der Waals surface area contributed by atoms with Gasteiger partial charge in [-0.1, -0.05) is 48.0 Å². The molecule has 1 nitrogen and oxygen atoms in total. The number of hydrogen-bond acceptors (Lipinski definition) is 1. The van der Waals surface area contributed by atoms with Crippen molar-refractivity contribution in [2.75, 3.05) is 0 Å². The van der Waals surface area contributed by atoms with Crippen molar-refractivity contribution in [2.45, 2.75) is 39.7 Å². The van der Waals surface area contributed by atoms with Crippen molar-refractivity contribution in [3.63, 3.8) is 0 Å². The molecule has 2 aromatic rings. The SMILES string of the molecule is Cc1ccc(CC(C)(O)c2ccc(C)c(C)c2)cc1. The summed E-state index contributed by atoms with van der Waals surface area (Å²) in [6, 6.07) is 14.5. The van der Waals surface area contributed by atoms with Crippen molar-refractivity contribution in [1.29, 1.82) is 0 Å². The summed E-state index contributed by atoms with van der Waals surface area (Å²) in [7, 11) is 0. The van der Waals surface area contributed by atoms with Crippen LogP contribution in [0.5, 0.6) is 0 Å². The molecule has 0 spiro atoms. The van der Waals surface area contributed by atoms with Crippen LogP contribution in [0.25, 0.3) is 0 Å². The van der Waals surface area contributed by atoms with E-state index in [9.17, 15) is 5.11 Å². The minimum absolute atomic E-state index is 0.635. The van der Waals surface area contributed by atoms with E-state index in [2.05, 4.69) is 57.2 Å². The fourth-order valence-corrected chi connectivity index (χ4v) is 2.28. The molecule has 0 radical (unpaired) electrons. The number of aryl methyl sites for hydroxylation is 3. The molecule has 1 unspecified atom stereocenters. The Kier molecular flexibility index (Phi) is 3.77. The van der Waals surface area contributed by atoms with Crippen LogP contribution >= 0.6 is 0 Å². The second kappa shape index (κ2) is 5.18. The maximum Gasteiger partial charge on any atom is 0.0908 e. The molecular weight excluding hydrogens is 232 g/mol. The van der Waals surface area contributed by atoms with Crippen molar-refractivity contribution in [1.82, 2.24) is 0 Å². The van der Waals surface area contributed by atoms with Crippen molar-refractivity contribution in [3.05, 3.63) is 70.3 Å². The number of hydrogen-bond donors (Lipinski definition) is 1. The minimum atomic E-state index is -0.826. The fraction of sp³-hybridized carbons (Fsp3) is 0.333. The van der Waals surface area contributed by atoms with Gasteiger partial charge in [-0.05, 0) is 49.9 Å². The molecule has 0 saturated heterocycles. The van der Waals surface area contributed by atoms with Crippen LogP contribution < -0.4 is 0 Å². The van der Waals surface area contributed by atoms with Gasteiger partial charge in [0.1, 0.15) is 0 Å². The average molecular weight is 254 g/mol. The van der Waals surface area contributed by atoms with Crippen molar-refractivity contribution >= 4 is 0 Å². The summed E-state index contributed by atoms with van der Waals surface area (Å²) in [5, 5.41) is 10.7. The van der Waals surface area contributed by atoms with Gasteiger partial charge in [0.05, 0.1) is 5.60 Å². The molecule has 0 aliphatic carbocycles. The van der Waals surface area contributed by atoms with E-state index in [4.69, 9.17) is 0 Å². The van der Waals surface area contributed by atoms with Crippen LogP contribution in [0.2, 0.25) is 0 Å². The molecule has 0 aliphatic rings. The standard InChI is InChI=1S/C18H22O/c1-13-5-8-16(9-6-13)12-18(4,19)17-10-7-14(2)15(3)11-17/h5-11,19H,12H2,1-4H3. The van der Waals surface area contributed by atoms with Crippen molar-refractivity contribution in [3.8, 4) is 0 Å². The molecule has 1 N–H and O–H groups in total. The van der Waals surface area contributed by atoms with Gasteiger partial charge in [0.15, 0.2) is 0 Å². The second-order valence-electron chi connectivity index (χ2n) is 5.74. The Morgan fingerprint density at radius 3 is 2.11 bits per heavy atom. The molecule has 1 heteroatoms. The highest BCUT2D eigenvalue weighted by Gasteiger charge is 2.23. The van der Waals surface area contributed by atoms with Crippen LogP contribution in [0.15, 0.2) is 42.5 Å². The largest absolute Gasteiger partial charge is 0.385 e. The molecule has 1 atom stereocenters. The first-order valence-electron chi connectivity index (χ1n) is 6.74. The Bertz CT molecular complexity index is 565. The van der Waals surface area contributed by atoms with Gasteiger partial charge < -0.3 is 5.11 Å². The zero-order valence-corrected chi connectivity index (χ0v) is 12.2. The van der Waals surface area contributed by atoms with E-state index in [0.717, 1.165) is 11.1 Å². The quantitative estimate of drug-likeness (QED) is 0.875. The molecular formula is C18H22O. The monoisotopic (exact) mass is 254 g/mol. The van der Waals surface area contributed by atoms with Crippen LogP contribution in [0.1, 0.15) is 34.7 Å². The summed E-state index contributed by atoms with van der Waals surface area (Å²) in [5.74, 6) is 0. The Labute approximate surface area is 115 Å². The minimum Gasteiger partial charge on any atom is -0.385 e. The lowest BCUT2D eigenvalue weighted by molar-refractivity contribution is 0.0575. The Morgan fingerprint density at radius 1 is 0.895 bits per heavy atom. The third-order valence-corrected chi connectivity index (χ3v) is 3.80. The molecule has 100 valence electrons. The lowest BCUT2D eigenvalue weighted by atomic mass is 9.87. The first-order valence-corrected chi connectivity index (χ1v) is 6.74. The summed E-state index contributed by atoms with van der Waals surface area (Å²) in [5.41, 5.74) is 5.05. The molecule has 0 bridgehead atoms. The first kappa shape index (κ1) is 13.8. The normalized spacial score (nSPS) is 14.2. The maximum absolute atomic E-state index is 10.7. The van der Waals surface area contributed by atoms with Gasteiger partial charge in [-0.15, -0.1) is 0 Å². The number of aliphatic hydroxyl groups is 1. The molecule has 0 saturated carbocycles. The van der Waals surface area contributed by atoms with Gasteiger partial charge in [-0.3, -0.25) is 0 Å². The number of rotatable bonds is 3. The zero-order chi connectivity index (χ0) is 14.0. The topological polar surface area (TPSA) is 20.2 Å². The third kappa shape index (κ3) is 3.24. The number of benzene rings is 2. The van der Waals surface area contributed by atoms with E-state index >= 15 is 0 Å². The Hall–Kier alpha value is -1.60. The summed E-state index contributed by atoms with van der Waals surface area (Å²) in [6.07, 6.45) is 0.635. The molecule has 19 heavy (non-hydrogen) atoms. The van der Waals surface area contributed by atoms with Crippen molar-refractivity contribution < 1.29 is 5.11 Å². The van der Waals surface area contributed by atoms with E-state index < -0.39 is 5.60 Å². The molecule has 2 aromatic carbocycles. The summed E-state index contributed by atoms with van der Waals surface area (Å²) in [4.78, 5) is 0. The van der Waals surface area contributed by atoms with Crippen molar-refractivity contribution in [2.24, 2.45) is 0 Å². The van der Waals surface area contributed by atoms with E-state index in [1.54, 1.807) is 0 Å². The van der Waals surface area contributed by atoms with E-state index in [0.29, 0.717) is 6.42 Å². The lowest BCUT2D eigenvalue weighted by Gasteiger charge is -2.25. The Balaban J connectivity index is 2.26. The molecule has 2 rings (SSSR count). The second-order valence-corrected chi connectivity index (χ2v) is 5.74. The summed E-state index contributed by atoms with van der Waals surface area (Å²) < 4.78 is 0. The van der Waals surface area contributed by atoms with E-state index in [-0.39, 0.29) is 0 Å². The summed E-state index contributed by atoms with van der Waals surface area (Å²) >= 11 is 0. The molecule has 0 aromatic heterocycles. The summed E-state index contributed by atoms with van der Waals surface area (Å²) in [6.45, 7) is 8.14. The van der Waals surface area contributed by atoms with Gasteiger partial charge in [0, 0.05) is 6.42 Å². The van der Waals surface area contributed by atoms with Gasteiger partial charge in [0.25, 0.3) is 0 Å². The highest BCUT2D eigenvalue weighted by Crippen LogP contribution is 2.27. The first-order chi connectivity index (χ1) is 8.88. The smallest absolute Gasteiger partial charge is 0.0908 e. The fourth-order valence-electron chi connectivity index (χ4n) is 2.28. The maximum atomic E-state index is 10.7. The zero-order valence-electron chi connectivity index (χ0n) is 12.2. The van der Waals surface area contributed by atoms with Gasteiger partial charge in [-0.2, -0.15) is 0 Å². The van der Waals surface area contributed by atoms with Crippen LogP contribution in [-0.4, -0.2) is 5.11 Å². The molecule has 0 heterocycles. The van der Waals surface area contributed by atoms with Gasteiger partial charge >= 0.3 is 0 Å². The molecule has 0 amide bonds. The van der Waals surface area contributed by atoms with E-state index in [1.165, 1.54) is 16.7 Å². The Morgan fingerprint density at radius 2 is 1.53 bits per heavy atom. The van der Waals surface area contributed by atoms with Crippen LogP contribution in [0.4, 0.5) is 0 Å². The highest BCUT2D eigenvalue weighted by molar-refractivity contribution is 5.34. The predicted octanol–water partition coefficient (Wildman–Crippen LogP) is 4.06. The lowest BCUT2D eigenvalue weighted by Crippen LogP contribution is -2.24. The average Bonchev–Trinajstić information content (AvgIpc) is 2.35. The van der Waals surface area contributed by atoms with Crippen LogP contribution in [-0.2, 0) is 12.0 Å². The molecule has 0 fully saturated rings. The van der Waals surface area contributed by atoms with Crippen LogP contribution in [0.3, 0.4) is 0 Å². The molecule has 0 aliphatic heterocycles.